The van der Waals surface area contributed by atoms with Gasteiger partial charge in [-0.3, -0.25) is 4.79 Å². The van der Waals surface area contributed by atoms with E-state index in [-0.39, 0.29) is 18.1 Å². The van der Waals surface area contributed by atoms with Crippen LogP contribution in [0.4, 0.5) is 5.82 Å². The molecule has 10 heteroatoms. The maximum atomic E-state index is 13.2. The Morgan fingerprint density at radius 1 is 1.23 bits per heavy atom. The second-order valence-corrected chi connectivity index (χ2v) is 9.53. The molecule has 10 nitrogen and oxygen atoms in total. The van der Waals surface area contributed by atoms with Crippen molar-refractivity contribution in [2.75, 3.05) is 39.6 Å². The first kappa shape index (κ1) is 22.0. The molecule has 1 amide bonds. The Morgan fingerprint density at radius 2 is 2.11 bits per heavy atom. The number of hydrogen-bond acceptors (Lipinski definition) is 7. The van der Waals surface area contributed by atoms with Gasteiger partial charge < -0.3 is 24.8 Å². The number of likely N-dealkylation sites (tertiary alicyclic amines) is 1. The number of nitrogens with zero attached hydrogens (tertiary/aromatic N) is 6. The topological polar surface area (TPSA) is 102 Å². The molecule has 3 atom stereocenters. The number of aromatic nitrogens is 5. The standard InChI is InChI=1S/C25H30N8O2/c1-26-22-11-20(18-14-32(15-8-10-31(2)13-15)23-16(18)5-4-9-27-23)29-24-17(12-28-33(22)24)25(34)30-19-6-7-21(19)35-3/h4-5,9,11-12,14-15,19,21,26H,6-8,10,13H2,1-3H3,(H,30,34)/t15-,19+,21+/m0/s1. The lowest BCUT2D eigenvalue weighted by Crippen LogP contribution is -2.51. The molecule has 1 aliphatic carbocycles. The van der Waals surface area contributed by atoms with E-state index in [9.17, 15) is 4.79 Å². The van der Waals surface area contributed by atoms with E-state index in [0.717, 1.165) is 60.5 Å². The van der Waals surface area contributed by atoms with E-state index >= 15 is 0 Å². The average molecular weight is 475 g/mol. The Labute approximate surface area is 203 Å². The number of likely N-dealkylation sites (N-methyl/N-ethyl adjacent to an activating group) is 1. The van der Waals surface area contributed by atoms with E-state index in [1.54, 1.807) is 17.8 Å². The summed E-state index contributed by atoms with van der Waals surface area (Å²) in [6, 6.07) is 6.40. The van der Waals surface area contributed by atoms with Gasteiger partial charge in [-0.05, 0) is 45.0 Å². The van der Waals surface area contributed by atoms with Crippen molar-refractivity contribution in [3.63, 3.8) is 0 Å². The van der Waals surface area contributed by atoms with E-state index in [1.165, 1.54) is 0 Å². The van der Waals surface area contributed by atoms with Crippen molar-refractivity contribution >= 4 is 28.4 Å². The van der Waals surface area contributed by atoms with Gasteiger partial charge in [0.15, 0.2) is 5.65 Å². The van der Waals surface area contributed by atoms with Gasteiger partial charge in [-0.25, -0.2) is 9.97 Å². The minimum absolute atomic E-state index is 0.0167. The van der Waals surface area contributed by atoms with Gasteiger partial charge in [-0.1, -0.05) is 0 Å². The third-order valence-corrected chi connectivity index (χ3v) is 7.43. The Kier molecular flexibility index (Phi) is 5.42. The van der Waals surface area contributed by atoms with E-state index < -0.39 is 0 Å². The van der Waals surface area contributed by atoms with Crippen LogP contribution >= 0.6 is 0 Å². The second-order valence-electron chi connectivity index (χ2n) is 9.53. The van der Waals surface area contributed by atoms with Gasteiger partial charge in [0.2, 0.25) is 0 Å². The molecule has 1 saturated heterocycles. The molecular weight excluding hydrogens is 444 g/mol. The molecule has 0 radical (unpaired) electrons. The van der Waals surface area contributed by atoms with Crippen LogP contribution in [0, 0.1) is 0 Å². The number of pyridine rings is 1. The highest BCUT2D eigenvalue weighted by Crippen LogP contribution is 2.34. The summed E-state index contributed by atoms with van der Waals surface area (Å²) in [5.74, 6) is 0.574. The Morgan fingerprint density at radius 3 is 2.83 bits per heavy atom. The van der Waals surface area contributed by atoms with Crippen LogP contribution in [0.5, 0.6) is 0 Å². The number of carbonyl (C=O) groups is 1. The number of methoxy groups -OCH3 is 1. The molecule has 2 aliphatic rings. The molecule has 0 unspecified atom stereocenters. The molecular formula is C25H30N8O2. The van der Waals surface area contributed by atoms with Gasteiger partial charge in [0.05, 0.1) is 24.0 Å². The predicted octanol–water partition coefficient (Wildman–Crippen LogP) is 2.57. The molecule has 1 saturated carbocycles. The first-order valence-corrected chi connectivity index (χ1v) is 12.1. The normalized spacial score (nSPS) is 22.5. The number of hydrogen-bond donors (Lipinski definition) is 2. The molecule has 35 heavy (non-hydrogen) atoms. The average Bonchev–Trinajstić information content (AvgIpc) is 3.57. The van der Waals surface area contributed by atoms with Gasteiger partial charge >= 0.3 is 0 Å². The van der Waals surface area contributed by atoms with Crippen LogP contribution in [0.3, 0.4) is 0 Å². The summed E-state index contributed by atoms with van der Waals surface area (Å²) in [5.41, 5.74) is 3.69. The minimum Gasteiger partial charge on any atom is -0.379 e. The highest BCUT2D eigenvalue weighted by atomic mass is 16.5. The monoisotopic (exact) mass is 474 g/mol. The molecule has 4 aromatic rings. The summed E-state index contributed by atoms with van der Waals surface area (Å²) in [5, 5.41) is 11.8. The maximum Gasteiger partial charge on any atom is 0.257 e. The fourth-order valence-electron chi connectivity index (χ4n) is 5.31. The van der Waals surface area contributed by atoms with Crippen LogP contribution in [0.1, 0.15) is 35.7 Å². The molecule has 2 N–H and O–H groups in total. The first-order chi connectivity index (χ1) is 17.1. The lowest BCUT2D eigenvalue weighted by Gasteiger charge is -2.35. The van der Waals surface area contributed by atoms with Crippen LogP contribution < -0.4 is 10.6 Å². The smallest absolute Gasteiger partial charge is 0.257 e. The van der Waals surface area contributed by atoms with Crippen molar-refractivity contribution in [1.82, 2.24) is 34.4 Å². The van der Waals surface area contributed by atoms with Crippen LogP contribution in [-0.2, 0) is 4.74 Å². The van der Waals surface area contributed by atoms with Crippen LogP contribution in [0.25, 0.3) is 27.9 Å². The van der Waals surface area contributed by atoms with E-state index in [0.29, 0.717) is 17.3 Å². The van der Waals surface area contributed by atoms with E-state index in [1.807, 2.05) is 25.4 Å². The van der Waals surface area contributed by atoms with Crippen molar-refractivity contribution in [1.29, 1.82) is 0 Å². The van der Waals surface area contributed by atoms with Gasteiger partial charge in [0.25, 0.3) is 5.91 Å². The highest BCUT2D eigenvalue weighted by molar-refractivity contribution is 6.01. The number of rotatable bonds is 6. The number of anilines is 1. The van der Waals surface area contributed by atoms with Crippen molar-refractivity contribution < 1.29 is 9.53 Å². The molecule has 4 aromatic heterocycles. The SMILES string of the molecule is CNc1cc(-c2cn([C@H]3CCN(C)C3)c3ncccc23)nc2c(C(=O)N[C@@H]3CC[C@H]3OC)cnn12. The Hall–Kier alpha value is -3.50. The van der Waals surface area contributed by atoms with Gasteiger partial charge in [-0.15, -0.1) is 0 Å². The van der Waals surface area contributed by atoms with Gasteiger partial charge in [0, 0.05) is 56.2 Å². The molecule has 0 bridgehead atoms. The third-order valence-electron chi connectivity index (χ3n) is 7.43. The highest BCUT2D eigenvalue weighted by Gasteiger charge is 2.33. The summed E-state index contributed by atoms with van der Waals surface area (Å²) in [6.07, 6.45) is 8.59. The summed E-state index contributed by atoms with van der Waals surface area (Å²) in [4.78, 5) is 25.2. The quantitative estimate of drug-likeness (QED) is 0.443. The minimum atomic E-state index is -0.184. The molecule has 1 aliphatic heterocycles. The zero-order valence-corrected chi connectivity index (χ0v) is 20.2. The number of nitrogens with one attached hydrogen (secondary N) is 2. The lowest BCUT2D eigenvalue weighted by molar-refractivity contribution is 0.00732. The third kappa shape index (κ3) is 3.64. The molecule has 6 rings (SSSR count). The van der Waals surface area contributed by atoms with Crippen molar-refractivity contribution in [2.24, 2.45) is 0 Å². The van der Waals surface area contributed by atoms with Crippen LogP contribution in [0.15, 0.2) is 36.8 Å². The van der Waals surface area contributed by atoms with Crippen molar-refractivity contribution in [2.45, 2.75) is 37.5 Å². The number of fused-ring (bicyclic) bond motifs is 2. The summed E-state index contributed by atoms with van der Waals surface area (Å²) in [6.45, 7) is 2.06. The van der Waals surface area contributed by atoms with Crippen molar-refractivity contribution in [3.8, 4) is 11.3 Å². The maximum absolute atomic E-state index is 13.2. The zero-order valence-electron chi connectivity index (χ0n) is 20.2. The van der Waals surface area contributed by atoms with Crippen LogP contribution in [0.2, 0.25) is 0 Å². The predicted molar refractivity (Wildman–Crippen MR) is 134 cm³/mol. The Balaban J connectivity index is 1.44. The first-order valence-electron chi connectivity index (χ1n) is 12.1. The Bertz CT molecular complexity index is 1410. The largest absolute Gasteiger partial charge is 0.379 e. The van der Waals surface area contributed by atoms with Gasteiger partial charge in [-0.2, -0.15) is 9.61 Å². The summed E-state index contributed by atoms with van der Waals surface area (Å²) in [7, 11) is 5.68. The zero-order chi connectivity index (χ0) is 24.1. The molecule has 0 spiro atoms. The van der Waals surface area contributed by atoms with Gasteiger partial charge in [0.1, 0.15) is 17.0 Å². The number of ether oxygens (including phenoxy) is 1. The van der Waals surface area contributed by atoms with E-state index in [2.05, 4.69) is 44.5 Å². The number of amides is 1. The fraction of sp³-hybridized carbons (Fsp3) is 0.440. The number of carbonyl (C=O) groups excluding carboxylic acids is 1. The second kappa shape index (κ2) is 8.62. The molecule has 182 valence electrons. The molecule has 2 fully saturated rings. The van der Waals surface area contributed by atoms with Crippen LogP contribution in [-0.4, -0.2) is 81.4 Å². The molecule has 0 aromatic carbocycles. The summed E-state index contributed by atoms with van der Waals surface area (Å²) >= 11 is 0. The lowest BCUT2D eigenvalue weighted by atomic mass is 9.89. The summed E-state index contributed by atoms with van der Waals surface area (Å²) < 4.78 is 9.40. The van der Waals surface area contributed by atoms with Crippen molar-refractivity contribution in [3.05, 3.63) is 42.4 Å². The molecule has 5 heterocycles. The fourth-order valence-corrected chi connectivity index (χ4v) is 5.31. The van der Waals surface area contributed by atoms with E-state index in [4.69, 9.17) is 14.7 Å².